The third-order valence-corrected chi connectivity index (χ3v) is 12.4. The van der Waals surface area contributed by atoms with E-state index in [-0.39, 0.29) is 0 Å². The van der Waals surface area contributed by atoms with Crippen molar-refractivity contribution < 1.29 is 4.42 Å². The largest absolute Gasteiger partial charge is 0.455 e. The predicted octanol–water partition coefficient (Wildman–Crippen LogP) is 17.2. The van der Waals surface area contributed by atoms with Crippen LogP contribution in [0.25, 0.3) is 98.8 Å². The molecular formula is C60H39NO. The van der Waals surface area contributed by atoms with Gasteiger partial charge in [0.05, 0.1) is 0 Å². The fourth-order valence-electron chi connectivity index (χ4n) is 9.36. The third-order valence-electron chi connectivity index (χ3n) is 12.4. The number of anilines is 3. The molecular weight excluding hydrogens is 751 g/mol. The van der Waals surface area contributed by atoms with E-state index in [9.17, 15) is 0 Å². The van der Waals surface area contributed by atoms with Crippen molar-refractivity contribution in [3.8, 4) is 44.5 Å². The molecule has 0 aliphatic carbocycles. The first-order valence-electron chi connectivity index (χ1n) is 21.2. The smallest absolute Gasteiger partial charge is 0.143 e. The molecule has 0 saturated heterocycles. The van der Waals surface area contributed by atoms with E-state index >= 15 is 0 Å². The van der Waals surface area contributed by atoms with Crippen molar-refractivity contribution >= 4 is 71.3 Å². The summed E-state index contributed by atoms with van der Waals surface area (Å²) in [7, 11) is 0. The highest BCUT2D eigenvalue weighted by atomic mass is 16.3. The van der Waals surface area contributed by atoms with Crippen LogP contribution < -0.4 is 4.90 Å². The normalized spacial score (nSPS) is 11.5. The lowest BCUT2D eigenvalue weighted by molar-refractivity contribution is 0.673. The molecule has 62 heavy (non-hydrogen) atoms. The van der Waals surface area contributed by atoms with Crippen LogP contribution in [0.2, 0.25) is 0 Å². The van der Waals surface area contributed by atoms with Crippen molar-refractivity contribution in [3.05, 3.63) is 237 Å². The van der Waals surface area contributed by atoms with Gasteiger partial charge in [-0.25, -0.2) is 0 Å². The van der Waals surface area contributed by atoms with E-state index < -0.39 is 0 Å². The van der Waals surface area contributed by atoms with Gasteiger partial charge in [0.25, 0.3) is 0 Å². The number of hydrogen-bond donors (Lipinski definition) is 0. The molecule has 0 bridgehead atoms. The summed E-state index contributed by atoms with van der Waals surface area (Å²) in [5, 5.41) is 9.63. The van der Waals surface area contributed by atoms with Gasteiger partial charge in [-0.3, -0.25) is 0 Å². The van der Waals surface area contributed by atoms with E-state index in [1.54, 1.807) is 0 Å². The van der Waals surface area contributed by atoms with Gasteiger partial charge in [-0.2, -0.15) is 0 Å². The van der Waals surface area contributed by atoms with Gasteiger partial charge in [0, 0.05) is 33.2 Å². The second-order valence-corrected chi connectivity index (χ2v) is 16.1. The molecule has 1 aromatic heterocycles. The number of furan rings is 1. The first-order valence-corrected chi connectivity index (χ1v) is 21.2. The molecule has 290 valence electrons. The maximum Gasteiger partial charge on any atom is 0.143 e. The van der Waals surface area contributed by atoms with E-state index in [1.807, 2.05) is 0 Å². The molecule has 0 aliphatic rings. The summed E-state index contributed by atoms with van der Waals surface area (Å²) in [5.41, 5.74) is 14.4. The Morgan fingerprint density at radius 1 is 0.274 bits per heavy atom. The lowest BCUT2D eigenvalue weighted by Crippen LogP contribution is -2.10. The summed E-state index contributed by atoms with van der Waals surface area (Å²) >= 11 is 0. The van der Waals surface area contributed by atoms with Crippen LogP contribution in [0.1, 0.15) is 0 Å². The second-order valence-electron chi connectivity index (χ2n) is 16.1. The van der Waals surface area contributed by atoms with Gasteiger partial charge >= 0.3 is 0 Å². The lowest BCUT2D eigenvalue weighted by Gasteiger charge is -2.27. The highest BCUT2D eigenvalue weighted by Gasteiger charge is 2.19. The van der Waals surface area contributed by atoms with E-state index in [0.717, 1.165) is 66.6 Å². The standard InChI is InChI=1S/C60H39NO/c1-3-12-40(13-4-1)48-37-49(41-14-5-2-6-15-41)39-52(38-48)61(50-30-24-42(25-31-50)46-29-34-54-47(36-46)23-22-43-16-7-9-18-53(43)54)51-32-26-45(27-33-51)55-20-11-21-58-59(55)57-35-28-44-17-8-10-19-56(44)60(57)62-58/h1-39H. The Bertz CT molecular complexity index is 3550. The Morgan fingerprint density at radius 3 is 1.48 bits per heavy atom. The summed E-state index contributed by atoms with van der Waals surface area (Å²) in [6.45, 7) is 0. The second kappa shape index (κ2) is 14.8. The molecule has 0 unspecified atom stereocenters. The molecule has 0 atom stereocenters. The molecule has 12 rings (SSSR count). The van der Waals surface area contributed by atoms with Gasteiger partial charge in [-0.1, -0.05) is 176 Å². The lowest BCUT2D eigenvalue weighted by atomic mass is 9.96. The van der Waals surface area contributed by atoms with Crippen molar-refractivity contribution in [3.63, 3.8) is 0 Å². The molecule has 0 saturated carbocycles. The van der Waals surface area contributed by atoms with E-state index in [2.05, 4.69) is 241 Å². The summed E-state index contributed by atoms with van der Waals surface area (Å²) < 4.78 is 6.57. The van der Waals surface area contributed by atoms with E-state index in [4.69, 9.17) is 4.42 Å². The Kier molecular flexibility index (Phi) is 8.53. The quantitative estimate of drug-likeness (QED) is 0.150. The molecule has 0 N–H and O–H groups in total. The molecule has 0 spiro atoms. The highest BCUT2D eigenvalue weighted by Crippen LogP contribution is 2.43. The number of fused-ring (bicyclic) bond motifs is 8. The minimum absolute atomic E-state index is 0.894. The van der Waals surface area contributed by atoms with Crippen LogP contribution in [0.5, 0.6) is 0 Å². The van der Waals surface area contributed by atoms with Crippen LogP contribution >= 0.6 is 0 Å². The molecule has 0 aliphatic heterocycles. The molecule has 0 fully saturated rings. The molecule has 0 amide bonds. The number of nitrogens with zero attached hydrogens (tertiary/aromatic N) is 1. The summed E-state index contributed by atoms with van der Waals surface area (Å²) in [5.74, 6) is 0. The van der Waals surface area contributed by atoms with Gasteiger partial charge in [0.1, 0.15) is 11.2 Å². The van der Waals surface area contributed by atoms with Crippen LogP contribution in [0, 0.1) is 0 Å². The van der Waals surface area contributed by atoms with Crippen LogP contribution in [0.3, 0.4) is 0 Å². The minimum atomic E-state index is 0.894. The molecule has 2 heteroatoms. The maximum atomic E-state index is 6.57. The maximum absolute atomic E-state index is 6.57. The van der Waals surface area contributed by atoms with Gasteiger partial charge < -0.3 is 9.32 Å². The van der Waals surface area contributed by atoms with Gasteiger partial charge in [-0.15, -0.1) is 0 Å². The summed E-state index contributed by atoms with van der Waals surface area (Å²) in [4.78, 5) is 2.39. The minimum Gasteiger partial charge on any atom is -0.455 e. The van der Waals surface area contributed by atoms with Crippen LogP contribution in [-0.2, 0) is 0 Å². The van der Waals surface area contributed by atoms with Crippen LogP contribution in [0.15, 0.2) is 241 Å². The van der Waals surface area contributed by atoms with Gasteiger partial charge in [0.15, 0.2) is 0 Å². The molecule has 1 heterocycles. The Labute approximate surface area is 360 Å². The third kappa shape index (κ3) is 6.20. The number of hydrogen-bond acceptors (Lipinski definition) is 2. The fourth-order valence-corrected chi connectivity index (χ4v) is 9.36. The Morgan fingerprint density at radius 2 is 0.790 bits per heavy atom. The average molecular weight is 790 g/mol. The van der Waals surface area contributed by atoms with E-state index in [1.165, 1.54) is 49.2 Å². The average Bonchev–Trinajstić information content (AvgIpc) is 3.75. The zero-order chi connectivity index (χ0) is 41.0. The van der Waals surface area contributed by atoms with Crippen molar-refractivity contribution in [2.45, 2.75) is 0 Å². The number of rotatable bonds is 7. The van der Waals surface area contributed by atoms with Crippen LogP contribution in [-0.4, -0.2) is 0 Å². The van der Waals surface area contributed by atoms with Gasteiger partial charge in [-0.05, 0) is 132 Å². The SMILES string of the molecule is c1ccc(-c2cc(-c3ccccc3)cc(N(c3ccc(-c4ccc5c(ccc6ccccc65)c4)cc3)c3ccc(-c4cccc5oc6c7ccccc7ccc6c45)cc3)c2)cc1. The fraction of sp³-hybridized carbons (Fsp3) is 0. The molecule has 11 aromatic carbocycles. The first kappa shape index (κ1) is 35.7. The number of benzene rings is 11. The van der Waals surface area contributed by atoms with Crippen molar-refractivity contribution in [2.24, 2.45) is 0 Å². The zero-order valence-electron chi connectivity index (χ0n) is 33.9. The van der Waals surface area contributed by atoms with Crippen molar-refractivity contribution in [2.75, 3.05) is 4.90 Å². The molecule has 12 aromatic rings. The molecule has 2 nitrogen and oxygen atoms in total. The topological polar surface area (TPSA) is 16.4 Å². The summed E-state index contributed by atoms with van der Waals surface area (Å²) in [6, 6.07) is 85.5. The zero-order valence-corrected chi connectivity index (χ0v) is 33.9. The predicted molar refractivity (Wildman–Crippen MR) is 263 cm³/mol. The molecule has 0 radical (unpaired) electrons. The first-order chi connectivity index (χ1) is 30.7. The van der Waals surface area contributed by atoms with Crippen molar-refractivity contribution in [1.82, 2.24) is 0 Å². The van der Waals surface area contributed by atoms with Gasteiger partial charge in [0.2, 0.25) is 0 Å². The highest BCUT2D eigenvalue weighted by molar-refractivity contribution is 6.19. The monoisotopic (exact) mass is 789 g/mol. The van der Waals surface area contributed by atoms with Crippen LogP contribution in [0.4, 0.5) is 17.1 Å². The van der Waals surface area contributed by atoms with E-state index in [0.29, 0.717) is 0 Å². The summed E-state index contributed by atoms with van der Waals surface area (Å²) in [6.07, 6.45) is 0. The Hall–Kier alpha value is -8.20. The Balaban J connectivity index is 0.994. The van der Waals surface area contributed by atoms with Crippen molar-refractivity contribution in [1.29, 1.82) is 0 Å².